The highest BCUT2D eigenvalue weighted by Gasteiger charge is 2.15. The predicted octanol–water partition coefficient (Wildman–Crippen LogP) is 10.0. The molecule has 0 radical (unpaired) electrons. The third-order valence-corrected chi connectivity index (χ3v) is 9.12. The predicted molar refractivity (Wildman–Crippen MR) is 170 cm³/mol. The Morgan fingerprint density at radius 1 is 0.537 bits per heavy atom. The lowest BCUT2D eigenvalue weighted by atomic mass is 10.0. The van der Waals surface area contributed by atoms with Crippen molar-refractivity contribution >= 4 is 58.2 Å². The molecule has 41 heavy (non-hydrogen) atoms. The van der Waals surface area contributed by atoms with Crippen molar-refractivity contribution in [3.8, 4) is 11.4 Å². The number of imidazole rings is 2. The van der Waals surface area contributed by atoms with E-state index in [0.29, 0.717) is 32.9 Å². The van der Waals surface area contributed by atoms with Gasteiger partial charge in [-0.1, -0.05) is 70.3 Å². The van der Waals surface area contributed by atoms with Crippen LogP contribution in [0.25, 0.3) is 11.4 Å². The summed E-state index contributed by atoms with van der Waals surface area (Å²) in [4.78, 5) is 10.7. The van der Waals surface area contributed by atoms with Crippen molar-refractivity contribution in [3.63, 3.8) is 0 Å². The summed E-state index contributed by atoms with van der Waals surface area (Å²) in [5.41, 5.74) is 6.33. The zero-order chi connectivity index (χ0) is 28.3. The Bertz CT molecular complexity index is 1690. The minimum atomic E-state index is 0.615. The van der Waals surface area contributed by atoms with E-state index >= 15 is 0 Å². The summed E-state index contributed by atoms with van der Waals surface area (Å²) in [6.45, 7) is 0. The van der Waals surface area contributed by atoms with Crippen LogP contribution in [0.5, 0.6) is 0 Å². The largest absolute Gasteiger partial charge is 0.306 e. The number of benzene rings is 4. The molecule has 0 unspecified atom stereocenters. The van der Waals surface area contributed by atoms with E-state index < -0.39 is 0 Å². The fraction of sp³-hybridized carbons (Fsp3) is 0.0625. The zero-order valence-electron chi connectivity index (χ0n) is 21.5. The Morgan fingerprint density at radius 3 is 1.39 bits per heavy atom. The van der Waals surface area contributed by atoms with E-state index in [0.717, 1.165) is 43.4 Å². The summed E-state index contributed by atoms with van der Waals surface area (Å²) in [5, 5.41) is 2.52. The number of aromatic nitrogens is 4. The van der Waals surface area contributed by atoms with Gasteiger partial charge in [-0.05, 0) is 82.9 Å². The fourth-order valence-corrected chi connectivity index (χ4v) is 6.60. The first kappa shape index (κ1) is 28.0. The lowest BCUT2D eigenvalue weighted by Crippen LogP contribution is -1.99. The van der Waals surface area contributed by atoms with Gasteiger partial charge in [0.1, 0.15) is 0 Å². The minimum Gasteiger partial charge on any atom is -0.306 e. The van der Waals surface area contributed by atoms with Gasteiger partial charge in [-0.2, -0.15) is 0 Å². The molecular weight excluding hydrogens is 614 g/mol. The third kappa shape index (κ3) is 6.50. The highest BCUT2D eigenvalue weighted by atomic mass is 35.5. The number of hydrogen-bond donors (Lipinski definition) is 0. The smallest absolute Gasteiger partial charge is 0.0991 e. The van der Waals surface area contributed by atoms with Gasteiger partial charge >= 0.3 is 0 Å². The van der Waals surface area contributed by atoms with Crippen LogP contribution in [0.4, 0.5) is 0 Å². The van der Waals surface area contributed by atoms with E-state index in [4.69, 9.17) is 46.4 Å². The van der Waals surface area contributed by atoms with Crippen LogP contribution in [-0.4, -0.2) is 19.1 Å². The van der Waals surface area contributed by atoms with Gasteiger partial charge in [0, 0.05) is 78.9 Å². The molecule has 0 saturated heterocycles. The molecule has 0 amide bonds. The van der Waals surface area contributed by atoms with Crippen LogP contribution >= 0.6 is 58.2 Å². The van der Waals surface area contributed by atoms with Crippen molar-refractivity contribution in [2.24, 2.45) is 0 Å². The van der Waals surface area contributed by atoms with Gasteiger partial charge in [-0.15, -0.1) is 0 Å². The molecular formula is C32H22Cl4N4S. The minimum absolute atomic E-state index is 0.615. The van der Waals surface area contributed by atoms with Crippen LogP contribution in [0.2, 0.25) is 20.1 Å². The Hall–Kier alpha value is -3.19. The zero-order valence-corrected chi connectivity index (χ0v) is 25.4. The Balaban J connectivity index is 1.42. The van der Waals surface area contributed by atoms with Crippen molar-refractivity contribution in [1.29, 1.82) is 0 Å². The molecule has 0 saturated carbocycles. The van der Waals surface area contributed by atoms with Gasteiger partial charge in [0.15, 0.2) is 0 Å². The van der Waals surface area contributed by atoms with Gasteiger partial charge in [0.2, 0.25) is 0 Å². The SMILES string of the molecule is Clc1ccc(Cc2cc(-n3ccnc3)ccc2Sc2ccc(-n3ccnc3)cc2Cc2ccc(Cl)cc2Cl)c(Cl)c1. The highest BCUT2D eigenvalue weighted by molar-refractivity contribution is 7.99. The van der Waals surface area contributed by atoms with Gasteiger partial charge in [-0.25, -0.2) is 9.97 Å². The molecule has 0 N–H and O–H groups in total. The Labute approximate surface area is 262 Å². The summed E-state index contributed by atoms with van der Waals surface area (Å²) >= 11 is 27.3. The summed E-state index contributed by atoms with van der Waals surface area (Å²) in [5.74, 6) is 0. The highest BCUT2D eigenvalue weighted by Crippen LogP contribution is 2.38. The van der Waals surface area contributed by atoms with E-state index in [1.54, 1.807) is 48.9 Å². The average molecular weight is 636 g/mol. The van der Waals surface area contributed by atoms with Crippen molar-refractivity contribution < 1.29 is 0 Å². The molecule has 9 heteroatoms. The second kappa shape index (κ2) is 12.4. The maximum atomic E-state index is 6.60. The van der Waals surface area contributed by atoms with E-state index in [1.807, 2.05) is 45.8 Å². The normalized spacial score (nSPS) is 11.2. The Kier molecular flexibility index (Phi) is 8.42. The maximum absolute atomic E-state index is 6.60. The van der Waals surface area contributed by atoms with Gasteiger partial charge in [-0.3, -0.25) is 0 Å². The number of rotatable bonds is 8. The first-order valence-electron chi connectivity index (χ1n) is 12.7. The Morgan fingerprint density at radius 2 is 1.00 bits per heavy atom. The first-order chi connectivity index (χ1) is 19.9. The molecule has 6 aromatic rings. The van der Waals surface area contributed by atoms with Gasteiger partial charge < -0.3 is 9.13 Å². The van der Waals surface area contributed by atoms with Crippen LogP contribution in [0.1, 0.15) is 22.3 Å². The monoisotopic (exact) mass is 634 g/mol. The van der Waals surface area contributed by atoms with Crippen LogP contribution in [0.15, 0.2) is 120 Å². The molecule has 0 spiro atoms. The summed E-state index contributed by atoms with van der Waals surface area (Å²) in [6.07, 6.45) is 12.3. The number of halogens is 4. The second-order valence-corrected chi connectivity index (χ2v) is 12.2. The summed E-state index contributed by atoms with van der Waals surface area (Å²) in [6, 6.07) is 24.2. The van der Waals surface area contributed by atoms with E-state index in [-0.39, 0.29) is 0 Å². The quantitative estimate of drug-likeness (QED) is 0.167. The fourth-order valence-electron chi connectivity index (χ4n) is 4.61. The first-order valence-corrected chi connectivity index (χ1v) is 15.0. The molecule has 2 aromatic heterocycles. The van der Waals surface area contributed by atoms with Gasteiger partial charge in [0.25, 0.3) is 0 Å². The average Bonchev–Trinajstić information content (AvgIpc) is 3.69. The summed E-state index contributed by atoms with van der Waals surface area (Å²) in [7, 11) is 0. The van der Waals surface area contributed by atoms with Crippen LogP contribution in [0.3, 0.4) is 0 Å². The topological polar surface area (TPSA) is 35.6 Å². The molecule has 2 heterocycles. The second-order valence-electron chi connectivity index (χ2n) is 9.45. The van der Waals surface area contributed by atoms with Crippen LogP contribution < -0.4 is 0 Å². The lowest BCUT2D eigenvalue weighted by molar-refractivity contribution is 1.02. The molecule has 4 aromatic carbocycles. The molecule has 0 aliphatic carbocycles. The molecule has 0 aliphatic rings. The molecule has 4 nitrogen and oxygen atoms in total. The van der Waals surface area contributed by atoms with Crippen molar-refractivity contribution in [1.82, 2.24) is 19.1 Å². The van der Waals surface area contributed by atoms with E-state index in [9.17, 15) is 0 Å². The standard InChI is InChI=1S/C32H22Cl4N4S/c33-25-3-1-21(29(35)17-25)13-23-15-27(39-11-9-37-19-39)5-7-31(23)41-32-8-6-28(40-12-10-38-20-40)16-24(32)14-22-2-4-26(34)18-30(22)36/h1-12,15-20H,13-14H2. The van der Waals surface area contributed by atoms with E-state index in [1.165, 1.54) is 0 Å². The molecule has 0 fully saturated rings. The lowest BCUT2D eigenvalue weighted by Gasteiger charge is -2.17. The molecule has 0 atom stereocenters. The number of nitrogens with zero attached hydrogens (tertiary/aromatic N) is 4. The van der Waals surface area contributed by atoms with Crippen LogP contribution in [-0.2, 0) is 12.8 Å². The molecule has 0 aliphatic heterocycles. The molecule has 204 valence electrons. The van der Waals surface area contributed by atoms with Crippen molar-refractivity contribution in [2.45, 2.75) is 22.6 Å². The van der Waals surface area contributed by atoms with Crippen molar-refractivity contribution in [2.75, 3.05) is 0 Å². The third-order valence-electron chi connectivity index (χ3n) is 6.71. The molecule has 6 rings (SSSR count). The van der Waals surface area contributed by atoms with Crippen LogP contribution in [0, 0.1) is 0 Å². The van der Waals surface area contributed by atoms with Crippen molar-refractivity contribution in [3.05, 3.63) is 153 Å². The van der Waals surface area contributed by atoms with Gasteiger partial charge in [0.05, 0.1) is 12.7 Å². The molecule has 0 bridgehead atoms. The van der Waals surface area contributed by atoms with E-state index in [2.05, 4.69) is 46.4 Å². The maximum Gasteiger partial charge on any atom is 0.0991 e. The number of hydrogen-bond acceptors (Lipinski definition) is 3. The summed E-state index contributed by atoms with van der Waals surface area (Å²) < 4.78 is 3.99.